The second-order valence-corrected chi connectivity index (χ2v) is 5.68. The third-order valence-corrected chi connectivity index (χ3v) is 4.24. The molecule has 2 aliphatic rings. The zero-order valence-corrected chi connectivity index (χ0v) is 11.8. The van der Waals surface area contributed by atoms with E-state index >= 15 is 0 Å². The summed E-state index contributed by atoms with van der Waals surface area (Å²) in [7, 11) is 0. The second kappa shape index (κ2) is 6.12. The molecule has 1 aromatic rings. The van der Waals surface area contributed by atoms with Crippen LogP contribution >= 0.6 is 0 Å². The Labute approximate surface area is 123 Å². The normalized spacial score (nSPS) is 24.7. The van der Waals surface area contributed by atoms with E-state index in [9.17, 15) is 9.18 Å². The number of halogens is 1. The third kappa shape index (κ3) is 3.24. The van der Waals surface area contributed by atoms with Crippen LogP contribution in [0.25, 0.3) is 0 Å². The average Bonchev–Trinajstić information content (AvgIpc) is 2.50. The van der Waals surface area contributed by atoms with Gasteiger partial charge in [-0.15, -0.1) is 0 Å². The Morgan fingerprint density at radius 1 is 1.29 bits per heavy atom. The van der Waals surface area contributed by atoms with E-state index in [0.29, 0.717) is 31.9 Å². The number of rotatable bonds is 3. The highest BCUT2D eigenvalue weighted by molar-refractivity contribution is 5.79. The molecule has 0 aliphatic carbocycles. The molecule has 114 valence electrons. The first-order chi connectivity index (χ1) is 10.2. The summed E-state index contributed by atoms with van der Waals surface area (Å²) in [6.45, 7) is 2.06. The van der Waals surface area contributed by atoms with Gasteiger partial charge in [-0.05, 0) is 31.0 Å². The molecule has 21 heavy (non-hydrogen) atoms. The van der Waals surface area contributed by atoms with E-state index in [1.165, 1.54) is 18.2 Å². The van der Waals surface area contributed by atoms with E-state index < -0.39 is 5.82 Å². The van der Waals surface area contributed by atoms with Crippen LogP contribution in [0.1, 0.15) is 36.0 Å². The summed E-state index contributed by atoms with van der Waals surface area (Å²) in [5, 5.41) is 0. The second-order valence-electron chi connectivity index (χ2n) is 5.68. The monoisotopic (exact) mass is 294 g/mol. The highest BCUT2D eigenvalue weighted by Crippen LogP contribution is 2.36. The van der Waals surface area contributed by atoms with Crippen molar-refractivity contribution in [1.29, 1.82) is 0 Å². The van der Waals surface area contributed by atoms with Crippen LogP contribution < -0.4 is 4.74 Å². The van der Waals surface area contributed by atoms with Gasteiger partial charge in [-0.1, -0.05) is 0 Å². The van der Waals surface area contributed by atoms with Crippen molar-refractivity contribution >= 4 is 6.29 Å². The van der Waals surface area contributed by atoms with Gasteiger partial charge in [-0.2, -0.15) is 0 Å². The first-order valence-corrected chi connectivity index (χ1v) is 7.34. The maximum absolute atomic E-state index is 13.2. The molecule has 0 radical (unpaired) electrons. The fourth-order valence-corrected chi connectivity index (χ4v) is 3.07. The van der Waals surface area contributed by atoms with Crippen LogP contribution in [0.4, 0.5) is 4.39 Å². The van der Waals surface area contributed by atoms with Crippen molar-refractivity contribution in [1.82, 2.24) is 0 Å². The molecular formula is C16H19FO4. The van der Waals surface area contributed by atoms with E-state index in [4.69, 9.17) is 14.2 Å². The fraction of sp³-hybridized carbons (Fsp3) is 0.562. The molecule has 0 bridgehead atoms. The average molecular weight is 294 g/mol. The van der Waals surface area contributed by atoms with Crippen LogP contribution in [0, 0.1) is 5.82 Å². The molecule has 1 atom stereocenters. The maximum atomic E-state index is 13.2. The molecule has 1 spiro atoms. The molecular weight excluding hydrogens is 275 g/mol. The molecule has 4 nitrogen and oxygen atoms in total. The maximum Gasteiger partial charge on any atom is 0.153 e. The Morgan fingerprint density at radius 3 is 2.86 bits per heavy atom. The van der Waals surface area contributed by atoms with Crippen LogP contribution in [0.3, 0.4) is 0 Å². The number of ether oxygens (including phenoxy) is 3. The van der Waals surface area contributed by atoms with Gasteiger partial charge < -0.3 is 14.2 Å². The van der Waals surface area contributed by atoms with E-state index in [1.54, 1.807) is 0 Å². The number of benzene rings is 1. The lowest BCUT2D eigenvalue weighted by Gasteiger charge is -2.43. The number of aldehydes is 1. The Bertz CT molecular complexity index is 505. The molecule has 2 aliphatic heterocycles. The van der Waals surface area contributed by atoms with Crippen molar-refractivity contribution < 1.29 is 23.4 Å². The van der Waals surface area contributed by atoms with Crippen molar-refractivity contribution in [3.8, 4) is 5.75 Å². The van der Waals surface area contributed by atoms with Crippen molar-refractivity contribution in [2.75, 3.05) is 19.8 Å². The molecule has 5 heteroatoms. The SMILES string of the molecule is O=Cc1cc(F)ccc1OC1CCOC2(CCOCC2)C1. The van der Waals surface area contributed by atoms with Gasteiger partial charge in [0.15, 0.2) is 6.29 Å². The predicted molar refractivity (Wildman–Crippen MR) is 74.2 cm³/mol. The molecule has 0 saturated carbocycles. The van der Waals surface area contributed by atoms with Crippen molar-refractivity contribution in [2.24, 2.45) is 0 Å². The van der Waals surface area contributed by atoms with Gasteiger partial charge in [0.2, 0.25) is 0 Å². The molecule has 2 saturated heterocycles. The van der Waals surface area contributed by atoms with E-state index in [0.717, 1.165) is 25.7 Å². The topological polar surface area (TPSA) is 44.8 Å². The number of hydrogen-bond acceptors (Lipinski definition) is 4. The molecule has 1 aromatic carbocycles. The Balaban J connectivity index is 1.71. The molecule has 2 fully saturated rings. The van der Waals surface area contributed by atoms with Gasteiger partial charge in [0.25, 0.3) is 0 Å². The molecule has 3 rings (SSSR count). The molecule has 1 unspecified atom stereocenters. The highest BCUT2D eigenvalue weighted by Gasteiger charge is 2.40. The predicted octanol–water partition coefficient (Wildman–Crippen LogP) is 2.75. The summed E-state index contributed by atoms with van der Waals surface area (Å²) in [4.78, 5) is 11.0. The highest BCUT2D eigenvalue weighted by atomic mass is 19.1. The summed E-state index contributed by atoms with van der Waals surface area (Å²) in [6, 6.07) is 4.03. The van der Waals surface area contributed by atoms with Gasteiger partial charge in [0.05, 0.1) is 17.8 Å². The smallest absolute Gasteiger partial charge is 0.153 e. The quantitative estimate of drug-likeness (QED) is 0.804. The van der Waals surface area contributed by atoms with Crippen molar-refractivity contribution in [3.63, 3.8) is 0 Å². The fourth-order valence-electron chi connectivity index (χ4n) is 3.07. The Morgan fingerprint density at radius 2 is 2.10 bits per heavy atom. The molecule has 2 heterocycles. The van der Waals surface area contributed by atoms with E-state index in [-0.39, 0.29) is 17.3 Å². The van der Waals surface area contributed by atoms with Crippen molar-refractivity contribution in [2.45, 2.75) is 37.4 Å². The van der Waals surface area contributed by atoms with E-state index in [1.807, 2.05) is 0 Å². The minimum atomic E-state index is -0.433. The van der Waals surface area contributed by atoms with Crippen LogP contribution in [0.15, 0.2) is 18.2 Å². The van der Waals surface area contributed by atoms with Gasteiger partial charge >= 0.3 is 0 Å². The zero-order valence-electron chi connectivity index (χ0n) is 11.8. The minimum Gasteiger partial charge on any atom is -0.489 e. The standard InChI is InChI=1S/C16H19FO4/c17-13-1-2-15(12(9-13)11-18)21-14-3-6-20-16(10-14)4-7-19-8-5-16/h1-2,9,11,14H,3-8,10H2. The number of carbonyl (C=O) groups excluding carboxylic acids is 1. The lowest BCUT2D eigenvalue weighted by molar-refractivity contribution is -0.155. The molecule has 0 aromatic heterocycles. The van der Waals surface area contributed by atoms with Crippen LogP contribution in [-0.4, -0.2) is 37.8 Å². The minimum absolute atomic E-state index is 0.0130. The summed E-state index contributed by atoms with van der Waals surface area (Å²) >= 11 is 0. The van der Waals surface area contributed by atoms with Gasteiger partial charge in [0.1, 0.15) is 17.7 Å². The molecule has 0 N–H and O–H groups in total. The summed E-state index contributed by atoms with van der Waals surface area (Å²) < 4.78 is 30.4. The van der Waals surface area contributed by atoms with Gasteiger partial charge in [-0.3, -0.25) is 4.79 Å². The van der Waals surface area contributed by atoms with Gasteiger partial charge in [0, 0.05) is 26.1 Å². The Kier molecular flexibility index (Phi) is 4.22. The summed E-state index contributed by atoms with van der Waals surface area (Å²) in [5.74, 6) is 0.0119. The summed E-state index contributed by atoms with van der Waals surface area (Å²) in [6.07, 6.45) is 3.92. The summed E-state index contributed by atoms with van der Waals surface area (Å²) in [5.41, 5.74) is 0.0882. The third-order valence-electron chi connectivity index (χ3n) is 4.24. The van der Waals surface area contributed by atoms with Crippen molar-refractivity contribution in [3.05, 3.63) is 29.6 Å². The largest absolute Gasteiger partial charge is 0.489 e. The van der Waals surface area contributed by atoms with Crippen LogP contribution in [-0.2, 0) is 9.47 Å². The lowest BCUT2D eigenvalue weighted by atomic mass is 9.85. The zero-order chi connectivity index (χ0) is 14.7. The first kappa shape index (κ1) is 14.5. The molecule has 0 amide bonds. The number of carbonyl (C=O) groups is 1. The van der Waals surface area contributed by atoms with Crippen LogP contribution in [0.2, 0.25) is 0 Å². The lowest BCUT2D eigenvalue weighted by Crippen LogP contribution is -2.47. The number of hydrogen-bond donors (Lipinski definition) is 0. The van der Waals surface area contributed by atoms with E-state index in [2.05, 4.69) is 0 Å². The first-order valence-electron chi connectivity index (χ1n) is 7.34. The van der Waals surface area contributed by atoms with Gasteiger partial charge in [-0.25, -0.2) is 4.39 Å². The van der Waals surface area contributed by atoms with Crippen LogP contribution in [0.5, 0.6) is 5.75 Å². The Hall–Kier alpha value is -1.46.